The van der Waals surface area contributed by atoms with Crippen LogP contribution in [0.1, 0.15) is 11.6 Å². The number of hydrogen-bond donors (Lipinski definition) is 0. The van der Waals surface area contributed by atoms with E-state index in [4.69, 9.17) is 4.74 Å². The van der Waals surface area contributed by atoms with Crippen LogP contribution in [0.2, 0.25) is 0 Å². The highest BCUT2D eigenvalue weighted by atomic mass is 16.5. The van der Waals surface area contributed by atoms with Crippen LogP contribution in [0.5, 0.6) is 5.75 Å². The number of carbonyl (C=O) groups is 1. The second-order valence-corrected chi connectivity index (χ2v) is 4.82. The van der Waals surface area contributed by atoms with E-state index in [-0.39, 0.29) is 11.9 Å². The molecule has 0 bridgehead atoms. The maximum Gasteiger partial charge on any atom is 0.227 e. The lowest BCUT2D eigenvalue weighted by Crippen LogP contribution is -2.51. The molecule has 6 heteroatoms. The van der Waals surface area contributed by atoms with E-state index >= 15 is 0 Å². The number of amides is 1. The fraction of sp³-hybridized carbons (Fsp3) is 0.357. The zero-order chi connectivity index (χ0) is 13.9. The maximum absolute atomic E-state index is 12.2. The zero-order valence-electron chi connectivity index (χ0n) is 11.3. The minimum Gasteiger partial charge on any atom is -0.496 e. The number of carbonyl (C=O) groups excluding carboxylic acids is 1. The molecule has 1 aliphatic rings. The van der Waals surface area contributed by atoms with E-state index in [0.29, 0.717) is 19.5 Å². The first-order chi connectivity index (χ1) is 9.78. The van der Waals surface area contributed by atoms with E-state index < -0.39 is 0 Å². The van der Waals surface area contributed by atoms with Crippen molar-refractivity contribution >= 4 is 5.91 Å². The van der Waals surface area contributed by atoms with Crippen LogP contribution in [0.4, 0.5) is 0 Å². The average molecular weight is 272 g/mol. The summed E-state index contributed by atoms with van der Waals surface area (Å²) < 4.78 is 7.06. The summed E-state index contributed by atoms with van der Waals surface area (Å²) in [6.45, 7) is 1.38. The van der Waals surface area contributed by atoms with Crippen LogP contribution in [-0.2, 0) is 11.2 Å². The lowest BCUT2D eigenvalue weighted by molar-refractivity contribution is -0.136. The second-order valence-electron chi connectivity index (χ2n) is 4.82. The van der Waals surface area contributed by atoms with Gasteiger partial charge in [0, 0.05) is 24.8 Å². The molecule has 0 aliphatic carbocycles. The average Bonchev–Trinajstić information content (AvgIpc) is 2.91. The molecule has 0 saturated carbocycles. The van der Waals surface area contributed by atoms with Crippen LogP contribution in [0.3, 0.4) is 0 Å². The van der Waals surface area contributed by atoms with E-state index in [0.717, 1.165) is 11.3 Å². The number of para-hydroxylation sites is 1. The van der Waals surface area contributed by atoms with Gasteiger partial charge < -0.3 is 9.64 Å². The van der Waals surface area contributed by atoms with E-state index in [1.165, 1.54) is 0 Å². The van der Waals surface area contributed by atoms with Crippen molar-refractivity contribution in [1.82, 2.24) is 19.9 Å². The van der Waals surface area contributed by atoms with Crippen molar-refractivity contribution in [1.29, 1.82) is 0 Å². The van der Waals surface area contributed by atoms with Gasteiger partial charge in [0.2, 0.25) is 5.91 Å². The van der Waals surface area contributed by atoms with Crippen molar-refractivity contribution in [3.05, 3.63) is 42.2 Å². The highest BCUT2D eigenvalue weighted by Crippen LogP contribution is 2.23. The van der Waals surface area contributed by atoms with E-state index in [2.05, 4.69) is 10.3 Å². The van der Waals surface area contributed by atoms with Crippen LogP contribution in [0.25, 0.3) is 0 Å². The van der Waals surface area contributed by atoms with Crippen molar-refractivity contribution in [3.8, 4) is 5.75 Å². The molecule has 1 fully saturated rings. The highest BCUT2D eigenvalue weighted by Gasteiger charge is 2.32. The molecule has 0 atom stereocenters. The number of aromatic nitrogens is 3. The maximum atomic E-state index is 12.2. The molecule has 1 amide bonds. The third-order valence-electron chi connectivity index (χ3n) is 3.56. The van der Waals surface area contributed by atoms with E-state index in [9.17, 15) is 4.79 Å². The Morgan fingerprint density at radius 3 is 2.90 bits per heavy atom. The smallest absolute Gasteiger partial charge is 0.227 e. The van der Waals surface area contributed by atoms with Gasteiger partial charge >= 0.3 is 0 Å². The molecule has 2 aromatic rings. The van der Waals surface area contributed by atoms with Gasteiger partial charge in [-0.2, -0.15) is 0 Å². The number of ether oxygens (including phenoxy) is 1. The minimum atomic E-state index is 0.117. The first-order valence-corrected chi connectivity index (χ1v) is 6.53. The largest absolute Gasteiger partial charge is 0.496 e. The lowest BCUT2D eigenvalue weighted by Gasteiger charge is -2.39. The first-order valence-electron chi connectivity index (χ1n) is 6.53. The zero-order valence-corrected chi connectivity index (χ0v) is 11.3. The van der Waals surface area contributed by atoms with Crippen LogP contribution >= 0.6 is 0 Å². The number of nitrogens with zero attached hydrogens (tertiary/aromatic N) is 4. The van der Waals surface area contributed by atoms with Crippen LogP contribution in [0.15, 0.2) is 36.7 Å². The van der Waals surface area contributed by atoms with Gasteiger partial charge in [0.15, 0.2) is 0 Å². The van der Waals surface area contributed by atoms with Crippen molar-refractivity contribution in [2.24, 2.45) is 0 Å². The van der Waals surface area contributed by atoms with Gasteiger partial charge in [-0.15, -0.1) is 5.10 Å². The fourth-order valence-corrected chi connectivity index (χ4v) is 2.36. The minimum absolute atomic E-state index is 0.117. The predicted molar refractivity (Wildman–Crippen MR) is 72.3 cm³/mol. The standard InChI is InChI=1S/C14H16N4O2/c1-20-13-5-3-2-4-11(13)8-14(19)17-9-12(10-17)18-7-6-15-16-18/h2-7,12H,8-10H2,1H3. The van der Waals surface area contributed by atoms with Crippen LogP contribution in [-0.4, -0.2) is 46.0 Å². The molecule has 6 nitrogen and oxygen atoms in total. The number of rotatable bonds is 4. The number of benzene rings is 1. The summed E-state index contributed by atoms with van der Waals surface area (Å²) in [5, 5.41) is 7.73. The first kappa shape index (κ1) is 12.7. The molecule has 0 spiro atoms. The molecular weight excluding hydrogens is 256 g/mol. The number of hydrogen-bond acceptors (Lipinski definition) is 4. The van der Waals surface area contributed by atoms with Crippen molar-refractivity contribution in [2.75, 3.05) is 20.2 Å². The van der Waals surface area contributed by atoms with Crippen molar-refractivity contribution < 1.29 is 9.53 Å². The quantitative estimate of drug-likeness (QED) is 0.830. The number of likely N-dealkylation sites (tertiary alicyclic amines) is 1. The predicted octanol–water partition coefficient (Wildman–Crippen LogP) is 0.913. The molecule has 1 aromatic heterocycles. The second kappa shape index (κ2) is 5.32. The fourth-order valence-electron chi connectivity index (χ4n) is 2.36. The molecule has 20 heavy (non-hydrogen) atoms. The summed E-state index contributed by atoms with van der Waals surface area (Å²) in [4.78, 5) is 14.0. The van der Waals surface area contributed by atoms with Gasteiger partial charge in [0.1, 0.15) is 5.75 Å². The Morgan fingerprint density at radius 2 is 2.20 bits per heavy atom. The topological polar surface area (TPSA) is 60.2 Å². The van der Waals surface area contributed by atoms with Gasteiger partial charge in [-0.25, -0.2) is 4.68 Å². The normalized spacial score (nSPS) is 14.9. The Kier molecular flexibility index (Phi) is 3.37. The van der Waals surface area contributed by atoms with E-state index in [1.54, 1.807) is 18.0 Å². The summed E-state index contributed by atoms with van der Waals surface area (Å²) in [6.07, 6.45) is 3.85. The van der Waals surface area contributed by atoms with Gasteiger partial charge in [-0.05, 0) is 6.07 Å². The summed E-state index contributed by atoms with van der Waals surface area (Å²) in [6, 6.07) is 7.86. The Labute approximate surface area is 117 Å². The molecule has 0 N–H and O–H groups in total. The molecule has 0 unspecified atom stereocenters. The van der Waals surface area contributed by atoms with Crippen LogP contribution in [0, 0.1) is 0 Å². The monoisotopic (exact) mass is 272 g/mol. The van der Waals surface area contributed by atoms with Gasteiger partial charge in [0.25, 0.3) is 0 Å². The third kappa shape index (κ3) is 2.36. The summed E-state index contributed by atoms with van der Waals surface area (Å²) in [7, 11) is 1.62. The Balaban J connectivity index is 1.59. The van der Waals surface area contributed by atoms with Gasteiger partial charge in [0.05, 0.1) is 25.8 Å². The Hall–Kier alpha value is -2.37. The number of methoxy groups -OCH3 is 1. The summed E-state index contributed by atoms with van der Waals surface area (Å²) >= 11 is 0. The molecule has 2 heterocycles. The molecule has 1 aromatic carbocycles. The molecule has 0 radical (unpaired) electrons. The molecule has 104 valence electrons. The van der Waals surface area contributed by atoms with Crippen molar-refractivity contribution in [3.63, 3.8) is 0 Å². The third-order valence-corrected chi connectivity index (χ3v) is 3.56. The van der Waals surface area contributed by atoms with Gasteiger partial charge in [-0.3, -0.25) is 4.79 Å². The Morgan fingerprint density at radius 1 is 1.40 bits per heavy atom. The molecular formula is C14H16N4O2. The molecule has 1 aliphatic heterocycles. The molecule has 3 rings (SSSR count). The summed E-state index contributed by atoms with van der Waals surface area (Å²) in [5.41, 5.74) is 0.921. The molecule has 1 saturated heterocycles. The van der Waals surface area contributed by atoms with Crippen LogP contribution < -0.4 is 4.74 Å². The summed E-state index contributed by atoms with van der Waals surface area (Å²) in [5.74, 6) is 0.875. The lowest BCUT2D eigenvalue weighted by atomic mass is 10.1. The Bertz CT molecular complexity index is 591. The van der Waals surface area contributed by atoms with E-state index in [1.807, 2.05) is 35.4 Å². The van der Waals surface area contributed by atoms with Crippen molar-refractivity contribution in [2.45, 2.75) is 12.5 Å². The highest BCUT2D eigenvalue weighted by molar-refractivity contribution is 5.80. The van der Waals surface area contributed by atoms with Gasteiger partial charge in [-0.1, -0.05) is 23.4 Å². The SMILES string of the molecule is COc1ccccc1CC(=O)N1CC(n2ccnn2)C1.